The summed E-state index contributed by atoms with van der Waals surface area (Å²) < 4.78 is 22.6. The summed E-state index contributed by atoms with van der Waals surface area (Å²) in [6.45, 7) is 6.63. The smallest absolute Gasteiger partial charge is 0.238 e. The molecule has 1 atom stereocenters. The first-order chi connectivity index (χ1) is 13.3. The van der Waals surface area contributed by atoms with Crippen LogP contribution in [0.1, 0.15) is 25.0 Å². The van der Waals surface area contributed by atoms with Crippen molar-refractivity contribution in [2.24, 2.45) is 5.14 Å². The fourth-order valence-electron chi connectivity index (χ4n) is 3.23. The molecule has 6 nitrogen and oxygen atoms in total. The highest BCUT2D eigenvalue weighted by Gasteiger charge is 2.17. The molecule has 3 N–H and O–H groups in total. The molecule has 0 spiro atoms. The van der Waals surface area contributed by atoms with E-state index in [0.717, 1.165) is 25.1 Å². The lowest BCUT2D eigenvalue weighted by Gasteiger charge is -2.30. The maximum atomic E-state index is 12.4. The molecule has 1 amide bonds. The zero-order valence-corrected chi connectivity index (χ0v) is 17.3. The molecule has 0 aromatic heterocycles. The minimum Gasteiger partial charge on any atom is -0.354 e. The van der Waals surface area contributed by atoms with Crippen molar-refractivity contribution in [3.05, 3.63) is 65.7 Å². The van der Waals surface area contributed by atoms with Crippen LogP contribution in [0.3, 0.4) is 0 Å². The van der Waals surface area contributed by atoms with Gasteiger partial charge in [0.1, 0.15) is 0 Å². The van der Waals surface area contributed by atoms with E-state index < -0.39 is 10.0 Å². The van der Waals surface area contributed by atoms with Crippen LogP contribution in [0.25, 0.3) is 0 Å². The van der Waals surface area contributed by atoms with E-state index in [9.17, 15) is 13.2 Å². The Hall–Kier alpha value is -2.22. The number of hydrogen-bond acceptors (Lipinski definition) is 4. The van der Waals surface area contributed by atoms with Crippen LogP contribution < -0.4 is 10.5 Å². The molecule has 0 bridgehead atoms. The fraction of sp³-hybridized carbons (Fsp3) is 0.381. The predicted molar refractivity (Wildman–Crippen MR) is 111 cm³/mol. The maximum absolute atomic E-state index is 12.4. The van der Waals surface area contributed by atoms with Crippen LogP contribution in [0.4, 0.5) is 0 Å². The van der Waals surface area contributed by atoms with Crippen molar-refractivity contribution in [2.75, 3.05) is 19.6 Å². The predicted octanol–water partition coefficient (Wildman–Crippen LogP) is 1.95. The second-order valence-corrected chi connectivity index (χ2v) is 8.30. The van der Waals surface area contributed by atoms with Crippen LogP contribution >= 0.6 is 0 Å². The Morgan fingerprint density at radius 1 is 1.00 bits per heavy atom. The molecular formula is C21H29N3O3S. The Morgan fingerprint density at radius 3 is 2.14 bits per heavy atom. The van der Waals surface area contributed by atoms with E-state index >= 15 is 0 Å². The lowest BCUT2D eigenvalue weighted by molar-refractivity contribution is -0.120. The molecule has 1 unspecified atom stereocenters. The molecule has 7 heteroatoms. The first-order valence-corrected chi connectivity index (χ1v) is 11.0. The summed E-state index contributed by atoms with van der Waals surface area (Å²) in [5.41, 5.74) is 1.99. The van der Waals surface area contributed by atoms with Crippen molar-refractivity contribution in [3.63, 3.8) is 0 Å². The molecule has 0 radical (unpaired) electrons. The average Bonchev–Trinajstić information content (AvgIpc) is 2.67. The van der Waals surface area contributed by atoms with Crippen LogP contribution in [0.2, 0.25) is 0 Å². The minimum absolute atomic E-state index is 0.0427. The lowest BCUT2D eigenvalue weighted by atomic mass is 10.0. The van der Waals surface area contributed by atoms with Gasteiger partial charge in [-0.25, -0.2) is 13.6 Å². The summed E-state index contributed by atoms with van der Waals surface area (Å²) in [6, 6.07) is 16.5. The Kier molecular flexibility index (Phi) is 8.17. The topological polar surface area (TPSA) is 92.5 Å². The second kappa shape index (κ2) is 10.4. The van der Waals surface area contributed by atoms with Gasteiger partial charge in [0.25, 0.3) is 0 Å². The average molecular weight is 404 g/mol. The number of carbonyl (C=O) groups excluding carboxylic acids is 1. The number of primary sulfonamides is 1. The number of sulfonamides is 1. The van der Waals surface area contributed by atoms with Gasteiger partial charge in [-0.3, -0.25) is 9.69 Å². The van der Waals surface area contributed by atoms with E-state index in [1.807, 2.05) is 18.2 Å². The van der Waals surface area contributed by atoms with Crippen molar-refractivity contribution >= 4 is 15.9 Å². The van der Waals surface area contributed by atoms with Gasteiger partial charge in [-0.2, -0.15) is 0 Å². The third-order valence-corrected chi connectivity index (χ3v) is 5.72. The van der Waals surface area contributed by atoms with Crippen LogP contribution in [0.5, 0.6) is 0 Å². The van der Waals surface area contributed by atoms with Crippen molar-refractivity contribution in [2.45, 2.75) is 37.6 Å². The van der Waals surface area contributed by atoms with Gasteiger partial charge in [0.05, 0.1) is 11.3 Å². The lowest BCUT2D eigenvalue weighted by Crippen LogP contribution is -2.45. The standard InChI is InChI=1S/C21H29N3O3S/c1-3-24(4-2)19(14-17-8-6-5-7-9-17)16-23-21(25)15-18-10-12-20(13-11-18)28(22,26)27/h5-13,19H,3-4,14-16H2,1-2H3,(H,23,25)(H2,22,26,27). The molecule has 0 saturated heterocycles. The van der Waals surface area contributed by atoms with E-state index in [-0.39, 0.29) is 23.3 Å². The van der Waals surface area contributed by atoms with Crippen molar-refractivity contribution in [1.82, 2.24) is 10.2 Å². The van der Waals surface area contributed by atoms with Crippen LogP contribution in [0, 0.1) is 0 Å². The molecule has 28 heavy (non-hydrogen) atoms. The Bertz CT molecular complexity index is 848. The summed E-state index contributed by atoms with van der Waals surface area (Å²) in [4.78, 5) is 14.8. The molecule has 0 heterocycles. The normalized spacial score (nSPS) is 12.7. The molecule has 0 aliphatic rings. The molecular weight excluding hydrogens is 374 g/mol. The number of amides is 1. The number of nitrogens with zero attached hydrogens (tertiary/aromatic N) is 1. The van der Waals surface area contributed by atoms with Crippen LogP contribution in [0.15, 0.2) is 59.5 Å². The third-order valence-electron chi connectivity index (χ3n) is 4.79. The monoisotopic (exact) mass is 403 g/mol. The quantitative estimate of drug-likeness (QED) is 0.634. The zero-order chi connectivity index (χ0) is 20.6. The number of likely N-dealkylation sites (N-methyl/N-ethyl adjacent to an activating group) is 1. The van der Waals surface area contributed by atoms with Gasteiger partial charge in [0.15, 0.2) is 0 Å². The van der Waals surface area contributed by atoms with Gasteiger partial charge in [0, 0.05) is 12.6 Å². The molecule has 2 rings (SSSR count). The molecule has 152 valence electrons. The van der Waals surface area contributed by atoms with Crippen molar-refractivity contribution < 1.29 is 13.2 Å². The van der Waals surface area contributed by atoms with Crippen molar-refractivity contribution in [3.8, 4) is 0 Å². The highest BCUT2D eigenvalue weighted by Crippen LogP contribution is 2.11. The summed E-state index contributed by atoms with van der Waals surface area (Å²) in [7, 11) is -3.72. The summed E-state index contributed by atoms with van der Waals surface area (Å²) in [5.74, 6) is -0.0893. The zero-order valence-electron chi connectivity index (χ0n) is 16.5. The Balaban J connectivity index is 1.96. The first kappa shape index (κ1) is 22.1. The maximum Gasteiger partial charge on any atom is 0.238 e. The van der Waals surface area contributed by atoms with E-state index in [0.29, 0.717) is 6.54 Å². The van der Waals surface area contributed by atoms with Crippen LogP contribution in [-0.2, 0) is 27.7 Å². The van der Waals surface area contributed by atoms with Gasteiger partial charge in [-0.15, -0.1) is 0 Å². The van der Waals surface area contributed by atoms with Crippen molar-refractivity contribution in [1.29, 1.82) is 0 Å². The minimum atomic E-state index is -3.72. The van der Waals surface area contributed by atoms with Crippen LogP contribution in [-0.4, -0.2) is 44.9 Å². The highest BCUT2D eigenvalue weighted by molar-refractivity contribution is 7.89. The second-order valence-electron chi connectivity index (χ2n) is 6.73. The van der Waals surface area contributed by atoms with E-state index in [1.54, 1.807) is 12.1 Å². The van der Waals surface area contributed by atoms with E-state index in [4.69, 9.17) is 5.14 Å². The number of hydrogen-bond donors (Lipinski definition) is 2. The van der Waals surface area contributed by atoms with E-state index in [1.165, 1.54) is 17.7 Å². The SMILES string of the molecule is CCN(CC)C(CNC(=O)Cc1ccc(S(N)(=O)=O)cc1)Cc1ccccc1. The fourth-order valence-corrected chi connectivity index (χ4v) is 3.75. The molecule has 2 aromatic rings. The van der Waals surface area contributed by atoms with Gasteiger partial charge >= 0.3 is 0 Å². The third kappa shape index (κ3) is 6.74. The Morgan fingerprint density at radius 2 is 1.61 bits per heavy atom. The molecule has 0 saturated carbocycles. The molecule has 0 fully saturated rings. The summed E-state index contributed by atoms with van der Waals surface area (Å²) in [6.07, 6.45) is 1.06. The number of benzene rings is 2. The number of nitrogens with one attached hydrogen (secondary N) is 1. The van der Waals surface area contributed by atoms with E-state index in [2.05, 4.69) is 36.2 Å². The van der Waals surface area contributed by atoms with Gasteiger partial charge in [-0.1, -0.05) is 56.3 Å². The summed E-state index contributed by atoms with van der Waals surface area (Å²) >= 11 is 0. The molecule has 0 aliphatic heterocycles. The Labute approximate surface area is 167 Å². The largest absolute Gasteiger partial charge is 0.354 e. The number of rotatable bonds is 10. The van der Waals surface area contributed by atoms with Gasteiger partial charge in [-0.05, 0) is 42.8 Å². The van der Waals surface area contributed by atoms with Gasteiger partial charge in [0.2, 0.25) is 15.9 Å². The summed E-state index contributed by atoms with van der Waals surface area (Å²) in [5, 5.41) is 8.12. The van der Waals surface area contributed by atoms with Gasteiger partial charge < -0.3 is 5.32 Å². The first-order valence-electron chi connectivity index (χ1n) is 9.49. The number of carbonyl (C=O) groups is 1. The molecule has 2 aromatic carbocycles. The molecule has 0 aliphatic carbocycles. The number of nitrogens with two attached hydrogens (primary N) is 1. The highest BCUT2D eigenvalue weighted by atomic mass is 32.2.